The van der Waals surface area contributed by atoms with Gasteiger partial charge < -0.3 is 5.11 Å². The summed E-state index contributed by atoms with van der Waals surface area (Å²) in [5, 5.41) is 9.68. The van der Waals surface area contributed by atoms with Crippen molar-refractivity contribution in [1.29, 1.82) is 0 Å². The SMILES string of the molecule is CC(C)CC(O)c1c(F)ccc(Br)c1F. The first-order valence-electron chi connectivity index (χ1n) is 4.75. The van der Waals surface area contributed by atoms with Crippen LogP contribution in [0.1, 0.15) is 31.9 Å². The van der Waals surface area contributed by atoms with Crippen LogP contribution in [0.25, 0.3) is 0 Å². The molecular formula is C11H13BrF2O. The van der Waals surface area contributed by atoms with Crippen molar-refractivity contribution in [1.82, 2.24) is 0 Å². The number of aliphatic hydroxyl groups excluding tert-OH is 1. The van der Waals surface area contributed by atoms with Crippen LogP contribution in [0.2, 0.25) is 0 Å². The zero-order chi connectivity index (χ0) is 11.6. The van der Waals surface area contributed by atoms with Gasteiger partial charge in [0.15, 0.2) is 0 Å². The van der Waals surface area contributed by atoms with Crippen molar-refractivity contribution in [3.63, 3.8) is 0 Å². The van der Waals surface area contributed by atoms with Gasteiger partial charge in [-0.25, -0.2) is 8.78 Å². The van der Waals surface area contributed by atoms with Crippen molar-refractivity contribution in [2.45, 2.75) is 26.4 Å². The van der Waals surface area contributed by atoms with Gasteiger partial charge in [-0.15, -0.1) is 0 Å². The van der Waals surface area contributed by atoms with Gasteiger partial charge in [-0.3, -0.25) is 0 Å². The summed E-state index contributed by atoms with van der Waals surface area (Å²) >= 11 is 2.96. The Morgan fingerprint density at radius 2 is 1.93 bits per heavy atom. The molecule has 0 bridgehead atoms. The molecule has 0 saturated carbocycles. The quantitative estimate of drug-likeness (QED) is 0.834. The zero-order valence-electron chi connectivity index (χ0n) is 8.60. The average Bonchev–Trinajstić information content (AvgIpc) is 2.11. The fraction of sp³-hybridized carbons (Fsp3) is 0.455. The van der Waals surface area contributed by atoms with E-state index >= 15 is 0 Å². The Kier molecular flexibility index (Phi) is 4.22. The van der Waals surface area contributed by atoms with Crippen LogP contribution in [0, 0.1) is 17.6 Å². The third kappa shape index (κ3) is 2.98. The van der Waals surface area contributed by atoms with Crippen molar-refractivity contribution >= 4 is 15.9 Å². The number of aliphatic hydroxyl groups is 1. The van der Waals surface area contributed by atoms with E-state index in [2.05, 4.69) is 15.9 Å². The van der Waals surface area contributed by atoms with Gasteiger partial charge in [0.1, 0.15) is 11.6 Å². The van der Waals surface area contributed by atoms with Crippen LogP contribution in [0.5, 0.6) is 0 Å². The van der Waals surface area contributed by atoms with Crippen LogP contribution in [0.15, 0.2) is 16.6 Å². The summed E-state index contributed by atoms with van der Waals surface area (Å²) in [5.41, 5.74) is -0.252. The monoisotopic (exact) mass is 278 g/mol. The molecule has 1 aromatic carbocycles. The molecule has 0 heterocycles. The summed E-state index contributed by atoms with van der Waals surface area (Å²) in [6.45, 7) is 3.77. The van der Waals surface area contributed by atoms with Crippen LogP contribution >= 0.6 is 15.9 Å². The van der Waals surface area contributed by atoms with E-state index in [9.17, 15) is 13.9 Å². The molecule has 0 fully saturated rings. The largest absolute Gasteiger partial charge is 0.388 e. The number of benzene rings is 1. The second-order valence-corrected chi connectivity index (χ2v) is 4.76. The fourth-order valence-corrected chi connectivity index (χ4v) is 1.76. The van der Waals surface area contributed by atoms with Gasteiger partial charge in [0, 0.05) is 0 Å². The third-order valence-corrected chi connectivity index (χ3v) is 2.72. The summed E-state index contributed by atoms with van der Waals surface area (Å²) in [6.07, 6.45) is -0.757. The van der Waals surface area contributed by atoms with Crippen LogP contribution in [0.3, 0.4) is 0 Å². The van der Waals surface area contributed by atoms with Crippen LogP contribution in [-0.2, 0) is 0 Å². The lowest BCUT2D eigenvalue weighted by atomic mass is 9.99. The molecule has 1 aromatic rings. The zero-order valence-corrected chi connectivity index (χ0v) is 10.2. The standard InChI is InChI=1S/C11H13BrF2O/c1-6(2)5-9(15)10-8(13)4-3-7(12)11(10)14/h3-4,6,9,15H,5H2,1-2H3. The van der Waals surface area contributed by atoms with Crippen molar-refractivity contribution in [2.24, 2.45) is 5.92 Å². The van der Waals surface area contributed by atoms with E-state index in [0.29, 0.717) is 6.42 Å². The lowest BCUT2D eigenvalue weighted by Crippen LogP contribution is -2.07. The smallest absolute Gasteiger partial charge is 0.146 e. The van der Waals surface area contributed by atoms with Gasteiger partial charge in [-0.2, -0.15) is 0 Å². The maximum atomic E-state index is 13.5. The van der Waals surface area contributed by atoms with E-state index in [4.69, 9.17) is 0 Å². The summed E-state index contributed by atoms with van der Waals surface area (Å²) in [6, 6.07) is 2.43. The Morgan fingerprint density at radius 3 is 2.47 bits per heavy atom. The van der Waals surface area contributed by atoms with Crippen LogP contribution < -0.4 is 0 Å². The molecule has 4 heteroatoms. The molecule has 0 saturated heterocycles. The van der Waals surface area contributed by atoms with Crippen LogP contribution in [0.4, 0.5) is 8.78 Å². The first-order chi connectivity index (χ1) is 6.93. The van der Waals surface area contributed by atoms with Crippen molar-refractivity contribution in [2.75, 3.05) is 0 Å². The molecule has 1 unspecified atom stereocenters. The number of rotatable bonds is 3. The Hall–Kier alpha value is -0.480. The summed E-state index contributed by atoms with van der Waals surface area (Å²) < 4.78 is 27.0. The maximum Gasteiger partial charge on any atom is 0.146 e. The molecule has 1 nitrogen and oxygen atoms in total. The van der Waals surface area contributed by atoms with Gasteiger partial charge in [0.05, 0.1) is 16.1 Å². The van der Waals surface area contributed by atoms with E-state index in [1.807, 2.05) is 13.8 Å². The Morgan fingerprint density at radius 1 is 1.33 bits per heavy atom. The molecule has 0 aliphatic rings. The summed E-state index contributed by atoms with van der Waals surface area (Å²) in [7, 11) is 0. The second kappa shape index (κ2) is 5.03. The average molecular weight is 279 g/mol. The first kappa shape index (κ1) is 12.6. The molecule has 0 radical (unpaired) electrons. The van der Waals surface area contributed by atoms with Crippen molar-refractivity contribution in [3.05, 3.63) is 33.8 Å². The normalized spacial score (nSPS) is 13.3. The van der Waals surface area contributed by atoms with E-state index < -0.39 is 17.7 Å². The molecule has 1 atom stereocenters. The Balaban J connectivity index is 3.07. The summed E-state index contributed by atoms with van der Waals surface area (Å²) in [4.78, 5) is 0. The highest BCUT2D eigenvalue weighted by Crippen LogP contribution is 2.29. The molecule has 84 valence electrons. The lowest BCUT2D eigenvalue weighted by molar-refractivity contribution is 0.142. The van der Waals surface area contributed by atoms with Gasteiger partial charge in [0.2, 0.25) is 0 Å². The summed E-state index contributed by atoms with van der Waals surface area (Å²) in [5.74, 6) is -1.25. The molecule has 1 N–H and O–H groups in total. The highest BCUT2D eigenvalue weighted by molar-refractivity contribution is 9.10. The van der Waals surface area contributed by atoms with E-state index in [-0.39, 0.29) is 16.0 Å². The topological polar surface area (TPSA) is 20.2 Å². The molecule has 0 aromatic heterocycles. The lowest BCUT2D eigenvalue weighted by Gasteiger charge is -2.15. The molecule has 0 aliphatic heterocycles. The van der Waals surface area contributed by atoms with E-state index in [1.54, 1.807) is 0 Å². The number of halogens is 3. The Labute approximate surface area is 96.2 Å². The minimum atomic E-state index is -1.09. The van der Waals surface area contributed by atoms with E-state index in [1.165, 1.54) is 6.07 Å². The predicted octanol–water partition coefficient (Wildman–Crippen LogP) is 3.81. The van der Waals surface area contributed by atoms with Gasteiger partial charge in [-0.05, 0) is 40.4 Å². The third-order valence-electron chi connectivity index (χ3n) is 2.11. The van der Waals surface area contributed by atoms with Gasteiger partial charge in [0.25, 0.3) is 0 Å². The number of hydrogen-bond donors (Lipinski definition) is 1. The highest BCUT2D eigenvalue weighted by Gasteiger charge is 2.20. The van der Waals surface area contributed by atoms with Gasteiger partial charge >= 0.3 is 0 Å². The minimum absolute atomic E-state index is 0.168. The first-order valence-corrected chi connectivity index (χ1v) is 5.54. The Bertz CT molecular complexity index is 353. The van der Waals surface area contributed by atoms with E-state index in [0.717, 1.165) is 6.07 Å². The van der Waals surface area contributed by atoms with Crippen molar-refractivity contribution in [3.8, 4) is 0 Å². The maximum absolute atomic E-state index is 13.5. The molecule has 1 rings (SSSR count). The predicted molar refractivity (Wildman–Crippen MR) is 58.5 cm³/mol. The molecular weight excluding hydrogens is 266 g/mol. The number of hydrogen-bond acceptors (Lipinski definition) is 1. The van der Waals surface area contributed by atoms with Gasteiger partial charge in [-0.1, -0.05) is 13.8 Å². The minimum Gasteiger partial charge on any atom is -0.388 e. The second-order valence-electron chi connectivity index (χ2n) is 3.90. The molecule has 0 amide bonds. The fourth-order valence-electron chi connectivity index (χ4n) is 1.41. The van der Waals surface area contributed by atoms with Crippen LogP contribution in [-0.4, -0.2) is 5.11 Å². The molecule has 0 aliphatic carbocycles. The molecule has 0 spiro atoms. The van der Waals surface area contributed by atoms with Crippen molar-refractivity contribution < 1.29 is 13.9 Å². The highest BCUT2D eigenvalue weighted by atomic mass is 79.9. The molecule has 15 heavy (non-hydrogen) atoms.